The molecule has 184 valence electrons. The van der Waals surface area contributed by atoms with Crippen molar-refractivity contribution in [2.45, 2.75) is 19.1 Å². The van der Waals surface area contributed by atoms with Crippen molar-refractivity contribution in [1.29, 1.82) is 0 Å². The van der Waals surface area contributed by atoms with Crippen LogP contribution in [0.2, 0.25) is 0 Å². The molecule has 0 bridgehead atoms. The second-order valence-corrected chi connectivity index (χ2v) is 8.21. The molecule has 4 aromatic carbocycles. The molecule has 4 aromatic rings. The van der Waals surface area contributed by atoms with Crippen LogP contribution in [-0.2, 0) is 19.1 Å². The first-order valence-electron chi connectivity index (χ1n) is 10.8. The summed E-state index contributed by atoms with van der Waals surface area (Å²) in [5, 5.41) is 33.8. The second kappa shape index (κ2) is 9.61. The number of alkyl halides is 3. The van der Waals surface area contributed by atoms with Gasteiger partial charge in [-0.2, -0.15) is 13.2 Å². The van der Waals surface area contributed by atoms with Crippen molar-refractivity contribution in [2.75, 3.05) is 0 Å². The van der Waals surface area contributed by atoms with E-state index < -0.39 is 23.6 Å². The number of carbonyl (C=O) groups is 2. The third kappa shape index (κ3) is 5.25. The van der Waals surface area contributed by atoms with Crippen molar-refractivity contribution >= 4 is 22.6 Å². The fraction of sp³-hybridized carbons (Fsp3) is 0.111. The molecule has 6 nitrogen and oxygen atoms in total. The Hall–Kier alpha value is -4.53. The Bertz CT molecular complexity index is 1450. The van der Waals surface area contributed by atoms with Crippen molar-refractivity contribution in [3.63, 3.8) is 0 Å². The quantitative estimate of drug-likeness (QED) is 0.283. The molecule has 0 heterocycles. The molecule has 4 N–H and O–H groups in total. The number of carbonyl (C=O) groups excluding carboxylic acids is 1. The molecule has 9 heteroatoms. The Kier molecular flexibility index (Phi) is 6.57. The van der Waals surface area contributed by atoms with Crippen molar-refractivity contribution in [3.8, 4) is 11.5 Å². The van der Waals surface area contributed by atoms with E-state index >= 15 is 0 Å². The maximum Gasteiger partial charge on any atom is 0.416 e. The highest BCUT2D eigenvalue weighted by molar-refractivity contribution is 6.01. The number of hydrogen-bond acceptors (Lipinski definition) is 4. The normalized spacial score (nSPS) is 11.4. The molecule has 36 heavy (non-hydrogen) atoms. The number of fused-ring (bicyclic) bond motifs is 1. The molecule has 1 amide bonds. The van der Waals surface area contributed by atoms with Gasteiger partial charge in [0.1, 0.15) is 11.5 Å². The van der Waals surface area contributed by atoms with E-state index in [0.717, 1.165) is 12.1 Å². The first-order chi connectivity index (χ1) is 17.0. The van der Waals surface area contributed by atoms with E-state index in [4.69, 9.17) is 5.11 Å². The maximum atomic E-state index is 12.7. The Morgan fingerprint density at radius 2 is 1.42 bits per heavy atom. The summed E-state index contributed by atoms with van der Waals surface area (Å²) in [5.41, 5.74) is 0.911. The van der Waals surface area contributed by atoms with Crippen LogP contribution in [0.4, 0.5) is 13.2 Å². The van der Waals surface area contributed by atoms with Gasteiger partial charge in [0.05, 0.1) is 11.1 Å². The van der Waals surface area contributed by atoms with Crippen LogP contribution in [-0.4, -0.2) is 27.2 Å². The van der Waals surface area contributed by atoms with Gasteiger partial charge < -0.3 is 20.6 Å². The van der Waals surface area contributed by atoms with E-state index in [2.05, 4.69) is 5.32 Å². The summed E-state index contributed by atoms with van der Waals surface area (Å²) in [6, 6.07) is 16.5. The van der Waals surface area contributed by atoms with Crippen LogP contribution in [0.5, 0.6) is 11.5 Å². The van der Waals surface area contributed by atoms with Crippen molar-refractivity contribution in [3.05, 3.63) is 106 Å². The lowest BCUT2D eigenvalue weighted by molar-refractivity contribution is -0.137. The monoisotopic (exact) mass is 495 g/mol. The molecular weight excluding hydrogens is 475 g/mol. The number of nitrogens with one attached hydrogen (secondary N) is 1. The molecule has 0 aromatic heterocycles. The predicted molar refractivity (Wildman–Crippen MR) is 126 cm³/mol. The zero-order valence-electron chi connectivity index (χ0n) is 18.6. The largest absolute Gasteiger partial charge is 0.507 e. The number of rotatable bonds is 6. The minimum absolute atomic E-state index is 0.00809. The molecule has 0 saturated heterocycles. The summed E-state index contributed by atoms with van der Waals surface area (Å²) >= 11 is 0. The van der Waals surface area contributed by atoms with Gasteiger partial charge in [-0.25, -0.2) is 4.79 Å². The molecule has 0 unspecified atom stereocenters. The van der Waals surface area contributed by atoms with Gasteiger partial charge in [0.2, 0.25) is 0 Å². The number of phenols is 2. The molecule has 0 saturated carbocycles. The molecule has 0 aliphatic heterocycles. The van der Waals surface area contributed by atoms with Gasteiger partial charge in [-0.1, -0.05) is 30.3 Å². The number of phenolic OH excluding ortho intramolecular Hbond substituents is 2. The number of carboxylic acids is 1. The molecule has 0 aliphatic carbocycles. The summed E-state index contributed by atoms with van der Waals surface area (Å²) in [7, 11) is 0. The van der Waals surface area contributed by atoms with Gasteiger partial charge >= 0.3 is 12.1 Å². The van der Waals surface area contributed by atoms with Crippen LogP contribution in [0.1, 0.15) is 43.0 Å². The highest BCUT2D eigenvalue weighted by Gasteiger charge is 2.29. The van der Waals surface area contributed by atoms with Crippen LogP contribution in [0.15, 0.2) is 72.8 Å². The van der Waals surface area contributed by atoms with E-state index in [1.165, 1.54) is 42.5 Å². The third-order valence-corrected chi connectivity index (χ3v) is 5.77. The minimum Gasteiger partial charge on any atom is -0.507 e. The summed E-state index contributed by atoms with van der Waals surface area (Å²) < 4.78 is 38.1. The van der Waals surface area contributed by atoms with Crippen LogP contribution in [0.3, 0.4) is 0 Å². The molecule has 0 atom stereocenters. The molecular formula is C27H20F3NO5. The van der Waals surface area contributed by atoms with E-state index in [9.17, 15) is 33.0 Å². The lowest BCUT2D eigenvalue weighted by Crippen LogP contribution is -2.22. The fourth-order valence-corrected chi connectivity index (χ4v) is 3.79. The lowest BCUT2D eigenvalue weighted by atomic mass is 9.96. The average molecular weight is 495 g/mol. The summed E-state index contributed by atoms with van der Waals surface area (Å²) in [6.45, 7) is 0.00809. The number of carboxylic acid groups (broad SMARTS) is 1. The smallest absolute Gasteiger partial charge is 0.416 e. The Labute approximate surface area is 203 Å². The van der Waals surface area contributed by atoms with Gasteiger partial charge in [0, 0.05) is 29.5 Å². The van der Waals surface area contributed by atoms with Crippen LogP contribution < -0.4 is 5.32 Å². The van der Waals surface area contributed by atoms with Crippen LogP contribution in [0, 0.1) is 0 Å². The summed E-state index contributed by atoms with van der Waals surface area (Å²) in [6.07, 6.45) is -4.32. The Balaban J connectivity index is 1.54. The summed E-state index contributed by atoms with van der Waals surface area (Å²) in [4.78, 5) is 23.7. The van der Waals surface area contributed by atoms with Gasteiger partial charge in [0.15, 0.2) is 0 Å². The zero-order valence-corrected chi connectivity index (χ0v) is 18.6. The number of halogens is 3. The fourth-order valence-electron chi connectivity index (χ4n) is 3.79. The number of aromatic carboxylic acids is 1. The maximum absolute atomic E-state index is 12.7. The second-order valence-electron chi connectivity index (χ2n) is 8.21. The van der Waals surface area contributed by atoms with Crippen molar-refractivity contribution < 1.29 is 38.1 Å². The van der Waals surface area contributed by atoms with Crippen LogP contribution >= 0.6 is 0 Å². The minimum atomic E-state index is -4.44. The third-order valence-electron chi connectivity index (χ3n) is 5.77. The van der Waals surface area contributed by atoms with E-state index in [-0.39, 0.29) is 41.2 Å². The number of amides is 1. The number of benzene rings is 4. The molecule has 0 spiro atoms. The van der Waals surface area contributed by atoms with Crippen molar-refractivity contribution in [1.82, 2.24) is 5.32 Å². The highest BCUT2D eigenvalue weighted by Crippen LogP contribution is 2.37. The van der Waals surface area contributed by atoms with Gasteiger partial charge in [-0.3, -0.25) is 4.79 Å². The van der Waals surface area contributed by atoms with E-state index in [0.29, 0.717) is 21.9 Å². The van der Waals surface area contributed by atoms with Crippen molar-refractivity contribution in [2.24, 2.45) is 0 Å². The molecule has 4 rings (SSSR count). The molecule has 0 fully saturated rings. The van der Waals surface area contributed by atoms with Gasteiger partial charge in [-0.15, -0.1) is 0 Å². The highest BCUT2D eigenvalue weighted by atomic mass is 19.4. The lowest BCUT2D eigenvalue weighted by Gasteiger charge is -2.13. The molecule has 0 aliphatic rings. The summed E-state index contributed by atoms with van der Waals surface area (Å²) in [5.74, 6) is -1.93. The average Bonchev–Trinajstić information content (AvgIpc) is 2.85. The standard InChI is InChI=1S/C27H20F3NO5/c28-27(29,30)20-9-3-16(4-10-20)14-31-25(34)19-8-7-18-13-23(32)22(24(33)21(18)12-19)11-15-1-5-17(6-2-15)26(35)36/h1-10,12-13,32-33H,11,14H2,(H,31,34)(H,35,36). The van der Waals surface area contributed by atoms with Gasteiger partial charge in [0.25, 0.3) is 5.91 Å². The van der Waals surface area contributed by atoms with E-state index in [1.807, 2.05) is 0 Å². The van der Waals surface area contributed by atoms with Crippen LogP contribution in [0.25, 0.3) is 10.8 Å². The zero-order chi connectivity index (χ0) is 26.0. The predicted octanol–water partition coefficient (Wildman–Crippen LogP) is 5.49. The Morgan fingerprint density at radius 3 is 2.03 bits per heavy atom. The first kappa shape index (κ1) is 24.6. The topological polar surface area (TPSA) is 107 Å². The molecule has 0 radical (unpaired) electrons. The number of hydrogen-bond donors (Lipinski definition) is 4. The Morgan fingerprint density at radius 1 is 0.806 bits per heavy atom. The first-order valence-corrected chi connectivity index (χ1v) is 10.8. The van der Waals surface area contributed by atoms with E-state index in [1.54, 1.807) is 18.2 Å². The SMILES string of the molecule is O=C(O)c1ccc(Cc2c(O)cc3ccc(C(=O)NCc4ccc(C(F)(F)F)cc4)cc3c2O)cc1. The van der Waals surface area contributed by atoms with Gasteiger partial charge in [-0.05, 0) is 59.0 Å². The number of aromatic hydroxyl groups is 2.